The zero-order chi connectivity index (χ0) is 22.4. The molecule has 1 aliphatic heterocycles. The summed E-state index contributed by atoms with van der Waals surface area (Å²) in [5.41, 5.74) is 0.417. The number of sulfonamides is 1. The second-order valence-electron chi connectivity index (χ2n) is 7.12. The van der Waals surface area contributed by atoms with E-state index >= 15 is 0 Å². The molecule has 3 rings (SSSR count). The lowest BCUT2D eigenvalue weighted by molar-refractivity contribution is 0.0566. The Morgan fingerprint density at radius 3 is 2.35 bits per heavy atom. The molecule has 0 aromatic heterocycles. The highest BCUT2D eigenvalue weighted by atomic mass is 35.5. The second kappa shape index (κ2) is 10.4. The van der Waals surface area contributed by atoms with Crippen molar-refractivity contribution < 1.29 is 27.8 Å². The zero-order valence-corrected chi connectivity index (χ0v) is 18.7. The smallest absolute Gasteiger partial charge is 0.337 e. The van der Waals surface area contributed by atoms with E-state index in [9.17, 15) is 18.3 Å². The fraction of sp³-hybridized carbons (Fsp3) is 0.381. The van der Waals surface area contributed by atoms with E-state index < -0.39 is 22.1 Å². The summed E-state index contributed by atoms with van der Waals surface area (Å²) in [6.07, 6.45) is -0.744. The van der Waals surface area contributed by atoms with E-state index in [1.807, 2.05) is 4.90 Å². The minimum absolute atomic E-state index is 0.0791. The fourth-order valence-corrected chi connectivity index (χ4v) is 5.21. The summed E-state index contributed by atoms with van der Waals surface area (Å²) < 4.78 is 37.2. The number of hydrogen-bond acceptors (Lipinski definition) is 7. The van der Waals surface area contributed by atoms with Gasteiger partial charge in [-0.1, -0.05) is 23.7 Å². The van der Waals surface area contributed by atoms with Crippen LogP contribution in [0.3, 0.4) is 0 Å². The molecular weight excluding hydrogens is 444 g/mol. The van der Waals surface area contributed by atoms with Crippen molar-refractivity contribution in [3.8, 4) is 5.75 Å². The molecule has 1 aliphatic rings. The number of hydrogen-bond donors (Lipinski definition) is 1. The van der Waals surface area contributed by atoms with Crippen LogP contribution in [-0.2, 0) is 14.8 Å². The average molecular weight is 469 g/mol. The first-order valence-corrected chi connectivity index (χ1v) is 11.6. The molecule has 0 saturated carbocycles. The van der Waals surface area contributed by atoms with Gasteiger partial charge in [-0.3, -0.25) is 4.90 Å². The van der Waals surface area contributed by atoms with Crippen molar-refractivity contribution in [1.82, 2.24) is 9.21 Å². The third kappa shape index (κ3) is 5.96. The minimum Gasteiger partial charge on any atom is -0.491 e. The van der Waals surface area contributed by atoms with E-state index in [-0.39, 0.29) is 16.5 Å². The largest absolute Gasteiger partial charge is 0.491 e. The molecule has 1 saturated heterocycles. The third-order valence-corrected chi connectivity index (χ3v) is 7.37. The van der Waals surface area contributed by atoms with Gasteiger partial charge in [-0.15, -0.1) is 0 Å². The second-order valence-corrected chi connectivity index (χ2v) is 9.43. The van der Waals surface area contributed by atoms with Crippen LogP contribution in [0.2, 0.25) is 5.02 Å². The highest BCUT2D eigenvalue weighted by Gasteiger charge is 2.30. The Bertz CT molecular complexity index is 991. The molecule has 1 N–H and O–H groups in total. The van der Waals surface area contributed by atoms with Crippen LogP contribution in [0.25, 0.3) is 0 Å². The maximum atomic E-state index is 12.8. The fourth-order valence-electron chi connectivity index (χ4n) is 3.29. The molecule has 2 aromatic rings. The number of ether oxygens (including phenoxy) is 2. The summed E-state index contributed by atoms with van der Waals surface area (Å²) >= 11 is 6.06. The van der Waals surface area contributed by atoms with Crippen LogP contribution in [-0.4, -0.2) is 81.2 Å². The number of nitrogens with zero attached hydrogens (tertiary/aromatic N) is 2. The number of carbonyl (C=O) groups excluding carboxylic acids is 1. The highest BCUT2D eigenvalue weighted by Crippen LogP contribution is 2.25. The normalized spacial score (nSPS) is 16.6. The van der Waals surface area contributed by atoms with Gasteiger partial charge >= 0.3 is 5.97 Å². The Morgan fingerprint density at radius 1 is 1.10 bits per heavy atom. The van der Waals surface area contributed by atoms with Crippen molar-refractivity contribution in [2.24, 2.45) is 0 Å². The van der Waals surface area contributed by atoms with Crippen molar-refractivity contribution in [2.45, 2.75) is 11.0 Å². The Kier molecular flexibility index (Phi) is 7.90. The molecule has 0 amide bonds. The van der Waals surface area contributed by atoms with E-state index in [0.717, 1.165) is 0 Å². The number of rotatable bonds is 8. The molecule has 0 bridgehead atoms. The predicted molar refractivity (Wildman–Crippen MR) is 116 cm³/mol. The van der Waals surface area contributed by atoms with Crippen LogP contribution in [0.5, 0.6) is 5.75 Å². The van der Waals surface area contributed by atoms with Gasteiger partial charge in [0.15, 0.2) is 0 Å². The topological polar surface area (TPSA) is 96.4 Å². The molecule has 168 valence electrons. The summed E-state index contributed by atoms with van der Waals surface area (Å²) in [7, 11) is -2.33. The van der Waals surface area contributed by atoms with E-state index in [1.165, 1.54) is 17.5 Å². The maximum absolute atomic E-state index is 12.8. The number of aliphatic hydroxyl groups excluding tert-OH is 1. The number of esters is 1. The number of carbonyl (C=O) groups is 1. The van der Waals surface area contributed by atoms with Crippen LogP contribution >= 0.6 is 11.6 Å². The number of methoxy groups -OCH3 is 1. The molecule has 1 unspecified atom stereocenters. The van der Waals surface area contributed by atoms with Gasteiger partial charge in [0.1, 0.15) is 23.4 Å². The lowest BCUT2D eigenvalue weighted by Crippen LogP contribution is -2.50. The molecule has 1 fully saturated rings. The summed E-state index contributed by atoms with van der Waals surface area (Å²) in [4.78, 5) is 13.5. The first-order chi connectivity index (χ1) is 14.8. The molecule has 2 aromatic carbocycles. The molecule has 31 heavy (non-hydrogen) atoms. The Hall–Kier alpha value is -2.17. The molecule has 8 nitrogen and oxygen atoms in total. The quantitative estimate of drug-likeness (QED) is 0.591. The minimum atomic E-state index is -3.65. The molecular formula is C21H25ClN2O6S. The predicted octanol–water partition coefficient (Wildman–Crippen LogP) is 1.87. The monoisotopic (exact) mass is 468 g/mol. The van der Waals surface area contributed by atoms with Gasteiger partial charge in [-0.2, -0.15) is 4.31 Å². The van der Waals surface area contributed by atoms with E-state index in [2.05, 4.69) is 4.74 Å². The van der Waals surface area contributed by atoms with Crippen LogP contribution in [0.15, 0.2) is 53.4 Å². The molecule has 10 heteroatoms. The van der Waals surface area contributed by atoms with Gasteiger partial charge in [-0.05, 0) is 36.4 Å². The molecule has 0 radical (unpaired) electrons. The molecule has 1 heterocycles. The first kappa shape index (κ1) is 23.5. The zero-order valence-electron chi connectivity index (χ0n) is 17.1. The number of aliphatic hydroxyl groups is 1. The number of benzene rings is 2. The van der Waals surface area contributed by atoms with Gasteiger partial charge in [0, 0.05) is 32.7 Å². The van der Waals surface area contributed by atoms with Crippen LogP contribution < -0.4 is 4.74 Å². The van der Waals surface area contributed by atoms with Gasteiger partial charge in [0.25, 0.3) is 0 Å². The molecule has 0 aliphatic carbocycles. The van der Waals surface area contributed by atoms with Crippen molar-refractivity contribution in [1.29, 1.82) is 0 Å². The average Bonchev–Trinajstić information content (AvgIpc) is 2.78. The number of piperazine rings is 1. The van der Waals surface area contributed by atoms with Crippen LogP contribution in [0, 0.1) is 0 Å². The highest BCUT2D eigenvalue weighted by molar-refractivity contribution is 7.89. The molecule has 0 spiro atoms. The standard InChI is InChI=1S/C21H25ClN2O6S/c1-29-21(26)16-6-8-18(9-7-16)30-15-17(25)14-23-10-12-24(13-11-23)31(27,28)20-5-3-2-4-19(20)22/h2-9,17,25H,10-15H2,1H3. The van der Waals surface area contributed by atoms with Crippen molar-refractivity contribution in [3.05, 3.63) is 59.1 Å². The Morgan fingerprint density at radius 2 is 1.74 bits per heavy atom. The lowest BCUT2D eigenvalue weighted by Gasteiger charge is -2.35. The Balaban J connectivity index is 1.46. The summed E-state index contributed by atoms with van der Waals surface area (Å²) in [6, 6.07) is 12.9. The number of halogens is 1. The summed E-state index contributed by atoms with van der Waals surface area (Å²) in [5, 5.41) is 10.5. The first-order valence-electron chi connectivity index (χ1n) is 9.77. The van der Waals surface area contributed by atoms with E-state index in [0.29, 0.717) is 44.0 Å². The number of β-amino-alcohol motifs (C(OH)–C–C–N with tert-alkyl or cyclic N) is 1. The lowest BCUT2D eigenvalue weighted by atomic mass is 10.2. The van der Waals surface area contributed by atoms with Crippen molar-refractivity contribution in [3.63, 3.8) is 0 Å². The van der Waals surface area contributed by atoms with Gasteiger partial charge in [-0.25, -0.2) is 13.2 Å². The summed E-state index contributed by atoms with van der Waals surface area (Å²) in [5.74, 6) is 0.102. The van der Waals surface area contributed by atoms with Gasteiger partial charge in [0.05, 0.1) is 17.7 Å². The van der Waals surface area contributed by atoms with Crippen molar-refractivity contribution >= 4 is 27.6 Å². The summed E-state index contributed by atoms with van der Waals surface area (Å²) in [6.45, 7) is 2.06. The van der Waals surface area contributed by atoms with Gasteiger partial charge < -0.3 is 14.6 Å². The van der Waals surface area contributed by atoms with Crippen LogP contribution in [0.4, 0.5) is 0 Å². The van der Waals surface area contributed by atoms with Gasteiger partial charge in [0.2, 0.25) is 10.0 Å². The SMILES string of the molecule is COC(=O)c1ccc(OCC(O)CN2CCN(S(=O)(=O)c3ccccc3Cl)CC2)cc1. The Labute approximate surface area is 187 Å². The maximum Gasteiger partial charge on any atom is 0.337 e. The van der Waals surface area contributed by atoms with Crippen molar-refractivity contribution in [2.75, 3.05) is 46.4 Å². The van der Waals surface area contributed by atoms with Crippen LogP contribution in [0.1, 0.15) is 10.4 Å². The molecule has 1 atom stereocenters. The van der Waals surface area contributed by atoms with E-state index in [4.69, 9.17) is 16.3 Å². The third-order valence-electron chi connectivity index (χ3n) is 4.97. The van der Waals surface area contributed by atoms with E-state index in [1.54, 1.807) is 42.5 Å².